The Hall–Kier alpha value is -2.64. The molecule has 1 saturated heterocycles. The van der Waals surface area contributed by atoms with Crippen molar-refractivity contribution < 1.29 is 19.2 Å². The minimum absolute atomic E-state index is 0.0834. The molecule has 0 aromatic heterocycles. The fourth-order valence-electron chi connectivity index (χ4n) is 3.51. The molecule has 0 saturated carbocycles. The molecule has 32 heavy (non-hydrogen) atoms. The van der Waals surface area contributed by atoms with Crippen molar-refractivity contribution in [1.29, 1.82) is 0 Å². The predicted molar refractivity (Wildman–Crippen MR) is 130 cm³/mol. The summed E-state index contributed by atoms with van der Waals surface area (Å²) in [5.74, 6) is 0. The van der Waals surface area contributed by atoms with Crippen molar-refractivity contribution >= 4 is 25.0 Å². The van der Waals surface area contributed by atoms with Crippen molar-refractivity contribution in [2.75, 3.05) is 0 Å². The van der Waals surface area contributed by atoms with Gasteiger partial charge in [0.2, 0.25) is 0 Å². The molecule has 1 amide bonds. The number of hydrogen-bond acceptors (Lipinski definition) is 4. The molecule has 1 fully saturated rings. The largest absolute Gasteiger partial charge is 0.494 e. The molecular weight excluding hydrogens is 403 g/mol. The van der Waals surface area contributed by atoms with E-state index >= 15 is 0 Å². The van der Waals surface area contributed by atoms with E-state index in [0.29, 0.717) is 6.54 Å². The topological polar surface area (TPSA) is 80.2 Å². The predicted octanol–water partition coefficient (Wildman–Crippen LogP) is 4.75. The second-order valence-corrected chi connectivity index (χ2v) is 10.3. The molecule has 2 aromatic rings. The summed E-state index contributed by atoms with van der Waals surface area (Å²) in [5, 5.41) is 10.9. The van der Waals surface area contributed by atoms with E-state index in [1.165, 1.54) is 11.9 Å². The number of nitrogens with zero attached hydrogens (tertiary/aromatic N) is 1. The number of rotatable bonds is 5. The molecular formula is C25H33BN2O4. The molecule has 0 aliphatic carbocycles. The average molecular weight is 436 g/mol. The lowest BCUT2D eigenvalue weighted by molar-refractivity contribution is 0.00578. The van der Waals surface area contributed by atoms with Crippen LogP contribution in [0.5, 0.6) is 0 Å². The number of amides is 1. The number of carbonyl (C=O) groups is 1. The van der Waals surface area contributed by atoms with Gasteiger partial charge in [-0.05, 0) is 66.9 Å². The maximum atomic E-state index is 10.7. The van der Waals surface area contributed by atoms with Gasteiger partial charge < -0.3 is 14.4 Å². The second-order valence-electron chi connectivity index (χ2n) is 10.3. The Balaban J connectivity index is 1.97. The molecule has 1 aliphatic rings. The lowest BCUT2D eigenvalue weighted by Crippen LogP contribution is -2.41. The Labute approximate surface area is 191 Å². The van der Waals surface area contributed by atoms with E-state index in [1.807, 2.05) is 33.8 Å². The average Bonchev–Trinajstić information content (AvgIpc) is 2.92. The van der Waals surface area contributed by atoms with Crippen molar-refractivity contribution in [1.82, 2.24) is 5.32 Å². The van der Waals surface area contributed by atoms with Crippen LogP contribution < -0.4 is 10.8 Å². The highest BCUT2D eigenvalue weighted by atomic mass is 16.7. The zero-order valence-electron chi connectivity index (χ0n) is 20.0. The van der Waals surface area contributed by atoms with Gasteiger partial charge in [0.25, 0.3) is 0 Å². The maximum absolute atomic E-state index is 10.7. The fourth-order valence-corrected chi connectivity index (χ4v) is 3.51. The lowest BCUT2D eigenvalue weighted by atomic mass is 9.76. The standard InChI is InChI=1S/C25H33BN2O4/c1-23(2,3)20-10-8-18(9-11-20)19-12-17(15-27-16-28-22(29)30)13-21(14-19)26-31-24(4,5)25(6,7)32-26/h8-14,16H,15H2,1-7H3,(H,27,28)(H,29,30). The zero-order chi connectivity index (χ0) is 23.7. The van der Waals surface area contributed by atoms with E-state index in [-0.39, 0.29) is 5.41 Å². The highest BCUT2D eigenvalue weighted by Crippen LogP contribution is 2.37. The van der Waals surface area contributed by atoms with Crippen LogP contribution in [0.15, 0.2) is 47.5 Å². The van der Waals surface area contributed by atoms with Gasteiger partial charge in [-0.25, -0.2) is 4.79 Å². The van der Waals surface area contributed by atoms with Crippen molar-refractivity contribution in [3.63, 3.8) is 0 Å². The van der Waals surface area contributed by atoms with E-state index in [9.17, 15) is 4.79 Å². The minimum atomic E-state index is -1.14. The van der Waals surface area contributed by atoms with Crippen molar-refractivity contribution in [3.8, 4) is 11.1 Å². The fraction of sp³-hybridized carbons (Fsp3) is 0.440. The van der Waals surface area contributed by atoms with Crippen LogP contribution in [0.2, 0.25) is 0 Å². The first kappa shape index (κ1) is 24.0. The van der Waals surface area contributed by atoms with Gasteiger partial charge in [0.1, 0.15) is 0 Å². The van der Waals surface area contributed by atoms with Crippen molar-refractivity contribution in [2.24, 2.45) is 4.99 Å². The van der Waals surface area contributed by atoms with Crippen LogP contribution in [-0.4, -0.2) is 35.9 Å². The summed E-state index contributed by atoms with van der Waals surface area (Å²) in [6.07, 6.45) is 0.0565. The summed E-state index contributed by atoms with van der Waals surface area (Å²) in [7, 11) is -0.492. The molecule has 0 atom stereocenters. The lowest BCUT2D eigenvalue weighted by Gasteiger charge is -2.32. The summed E-state index contributed by atoms with van der Waals surface area (Å²) < 4.78 is 12.5. The highest BCUT2D eigenvalue weighted by molar-refractivity contribution is 6.62. The molecule has 3 rings (SSSR count). The number of aliphatic imine (C=N–C) groups is 1. The summed E-state index contributed by atoms with van der Waals surface area (Å²) in [4.78, 5) is 14.9. The monoisotopic (exact) mass is 436 g/mol. The normalized spacial score (nSPS) is 17.7. The summed E-state index contributed by atoms with van der Waals surface area (Å²) in [6, 6.07) is 14.7. The third-order valence-corrected chi connectivity index (χ3v) is 6.18. The second kappa shape index (κ2) is 8.72. The first-order valence-electron chi connectivity index (χ1n) is 10.9. The van der Waals surface area contributed by atoms with Gasteiger partial charge >= 0.3 is 13.2 Å². The van der Waals surface area contributed by atoms with E-state index < -0.39 is 24.4 Å². The minimum Gasteiger partial charge on any atom is -0.465 e. The number of nitrogens with one attached hydrogen (secondary N) is 1. The van der Waals surface area contributed by atoms with Gasteiger partial charge in [-0.1, -0.05) is 57.2 Å². The first-order chi connectivity index (χ1) is 14.8. The maximum Gasteiger partial charge on any atom is 0.494 e. The number of benzene rings is 2. The SMILES string of the molecule is CC(C)(C)c1ccc(-c2cc(CN=CNC(=O)O)cc(B3OC(C)(C)C(C)(C)O3)c2)cc1. The van der Waals surface area contributed by atoms with Crippen LogP contribution in [0.3, 0.4) is 0 Å². The van der Waals surface area contributed by atoms with E-state index in [4.69, 9.17) is 14.4 Å². The number of hydrogen-bond donors (Lipinski definition) is 2. The van der Waals surface area contributed by atoms with Gasteiger partial charge in [-0.2, -0.15) is 0 Å². The summed E-state index contributed by atoms with van der Waals surface area (Å²) >= 11 is 0. The summed E-state index contributed by atoms with van der Waals surface area (Å²) in [6.45, 7) is 15.1. The van der Waals surface area contributed by atoms with Gasteiger partial charge in [0.05, 0.1) is 24.1 Å². The molecule has 0 unspecified atom stereocenters. The van der Waals surface area contributed by atoms with Crippen LogP contribution in [0.25, 0.3) is 11.1 Å². The van der Waals surface area contributed by atoms with Crippen molar-refractivity contribution in [2.45, 2.75) is 71.6 Å². The van der Waals surface area contributed by atoms with E-state index in [1.54, 1.807) is 0 Å². The Kier molecular flexibility index (Phi) is 6.54. The van der Waals surface area contributed by atoms with Crippen LogP contribution in [0.1, 0.15) is 59.6 Å². The molecule has 2 N–H and O–H groups in total. The van der Waals surface area contributed by atoms with Gasteiger partial charge in [0, 0.05) is 0 Å². The molecule has 1 aliphatic heterocycles. The molecule has 0 spiro atoms. The van der Waals surface area contributed by atoms with Gasteiger partial charge in [-0.15, -0.1) is 0 Å². The Morgan fingerprint density at radius 3 is 2.16 bits per heavy atom. The summed E-state index contributed by atoms with van der Waals surface area (Å²) in [5.41, 5.74) is 4.46. The van der Waals surface area contributed by atoms with Gasteiger partial charge in [0.15, 0.2) is 0 Å². The van der Waals surface area contributed by atoms with E-state index in [2.05, 4.69) is 67.5 Å². The highest BCUT2D eigenvalue weighted by Gasteiger charge is 2.51. The Morgan fingerprint density at radius 1 is 1.03 bits per heavy atom. The molecule has 0 radical (unpaired) electrons. The smallest absolute Gasteiger partial charge is 0.465 e. The third kappa shape index (κ3) is 5.40. The third-order valence-electron chi connectivity index (χ3n) is 6.18. The van der Waals surface area contributed by atoms with Crippen LogP contribution >= 0.6 is 0 Å². The quantitative estimate of drug-likeness (QED) is 0.403. The Morgan fingerprint density at radius 2 is 1.62 bits per heavy atom. The molecule has 2 aromatic carbocycles. The van der Waals surface area contributed by atoms with Crippen LogP contribution in [0, 0.1) is 0 Å². The van der Waals surface area contributed by atoms with Gasteiger partial charge in [-0.3, -0.25) is 10.3 Å². The number of carboxylic acid groups (broad SMARTS) is 1. The molecule has 0 bridgehead atoms. The first-order valence-corrected chi connectivity index (χ1v) is 10.9. The van der Waals surface area contributed by atoms with Crippen molar-refractivity contribution in [3.05, 3.63) is 53.6 Å². The van der Waals surface area contributed by atoms with Crippen LogP contribution in [0.4, 0.5) is 4.79 Å². The molecule has 170 valence electrons. The van der Waals surface area contributed by atoms with Crippen LogP contribution in [-0.2, 0) is 21.3 Å². The Bertz CT molecular complexity index is 992. The zero-order valence-corrected chi connectivity index (χ0v) is 20.0. The molecule has 7 heteroatoms. The molecule has 1 heterocycles. The molecule has 6 nitrogen and oxygen atoms in total. The van der Waals surface area contributed by atoms with E-state index in [0.717, 1.165) is 22.2 Å².